The molecule has 1 aliphatic heterocycles. The fourth-order valence-corrected chi connectivity index (χ4v) is 2.37. The molecule has 1 amide bonds. The number of anilines is 1. The highest BCUT2D eigenvalue weighted by Gasteiger charge is 2.17. The summed E-state index contributed by atoms with van der Waals surface area (Å²) < 4.78 is 0. The van der Waals surface area contributed by atoms with Crippen molar-refractivity contribution < 1.29 is 15.3 Å². The van der Waals surface area contributed by atoms with Crippen molar-refractivity contribution in [3.8, 4) is 0 Å². The summed E-state index contributed by atoms with van der Waals surface area (Å²) in [7, 11) is 0. The van der Waals surface area contributed by atoms with E-state index in [1.165, 1.54) is 11.3 Å². The van der Waals surface area contributed by atoms with E-state index in [9.17, 15) is 4.79 Å². The summed E-state index contributed by atoms with van der Waals surface area (Å²) >= 11 is 1.43. The van der Waals surface area contributed by atoms with E-state index in [4.69, 9.17) is 5.21 Å². The zero-order valence-electron chi connectivity index (χ0n) is 8.14. The Morgan fingerprint density at radius 3 is 3.00 bits per heavy atom. The number of amides is 1. The van der Waals surface area contributed by atoms with Crippen molar-refractivity contribution in [1.82, 2.24) is 10.5 Å². The van der Waals surface area contributed by atoms with Crippen molar-refractivity contribution in [2.75, 3.05) is 31.1 Å². The van der Waals surface area contributed by atoms with Crippen LogP contribution in [0.3, 0.4) is 0 Å². The zero-order valence-corrected chi connectivity index (χ0v) is 8.96. The SMILES string of the molecule is O=C(NO)c1csc(N2CC[NH2+]CC2)n1. The number of hydrogen-bond donors (Lipinski definition) is 3. The van der Waals surface area contributed by atoms with Crippen LogP contribution in [-0.4, -0.2) is 42.3 Å². The Labute approximate surface area is 90.9 Å². The average Bonchev–Trinajstić information content (AvgIpc) is 2.78. The van der Waals surface area contributed by atoms with E-state index < -0.39 is 5.91 Å². The van der Waals surface area contributed by atoms with Crippen molar-refractivity contribution in [1.29, 1.82) is 0 Å². The van der Waals surface area contributed by atoms with Gasteiger partial charge in [-0.2, -0.15) is 0 Å². The molecule has 2 rings (SSSR count). The van der Waals surface area contributed by atoms with Gasteiger partial charge in [0.15, 0.2) is 5.13 Å². The minimum absolute atomic E-state index is 0.270. The monoisotopic (exact) mass is 229 g/mol. The molecule has 1 fully saturated rings. The molecule has 1 aliphatic rings. The van der Waals surface area contributed by atoms with E-state index in [0.717, 1.165) is 31.3 Å². The number of hydrogen-bond acceptors (Lipinski definition) is 5. The van der Waals surface area contributed by atoms with Gasteiger partial charge in [0.25, 0.3) is 5.91 Å². The number of aromatic nitrogens is 1. The molecule has 2 heterocycles. The summed E-state index contributed by atoms with van der Waals surface area (Å²) in [5, 5.41) is 13.2. The lowest BCUT2D eigenvalue weighted by Crippen LogP contribution is -2.89. The van der Waals surface area contributed by atoms with Gasteiger partial charge in [-0.15, -0.1) is 11.3 Å². The molecule has 1 saturated heterocycles. The predicted molar refractivity (Wildman–Crippen MR) is 55.2 cm³/mol. The van der Waals surface area contributed by atoms with Crippen LogP contribution in [-0.2, 0) is 0 Å². The van der Waals surface area contributed by atoms with E-state index in [-0.39, 0.29) is 5.69 Å². The molecular weight excluding hydrogens is 216 g/mol. The van der Waals surface area contributed by atoms with Crippen molar-refractivity contribution >= 4 is 22.4 Å². The Balaban J connectivity index is 2.08. The van der Waals surface area contributed by atoms with Crippen LogP contribution in [0.1, 0.15) is 10.5 Å². The van der Waals surface area contributed by atoms with Gasteiger partial charge in [-0.3, -0.25) is 10.0 Å². The maximum Gasteiger partial charge on any atom is 0.294 e. The fourth-order valence-electron chi connectivity index (χ4n) is 1.51. The van der Waals surface area contributed by atoms with Gasteiger partial charge in [0.1, 0.15) is 5.69 Å². The van der Waals surface area contributed by atoms with Gasteiger partial charge < -0.3 is 10.2 Å². The smallest absolute Gasteiger partial charge is 0.294 e. The van der Waals surface area contributed by atoms with Crippen molar-refractivity contribution in [2.45, 2.75) is 0 Å². The molecule has 0 aromatic carbocycles. The molecule has 4 N–H and O–H groups in total. The summed E-state index contributed by atoms with van der Waals surface area (Å²) in [6.07, 6.45) is 0. The summed E-state index contributed by atoms with van der Waals surface area (Å²) in [6, 6.07) is 0. The molecule has 7 heteroatoms. The van der Waals surface area contributed by atoms with Gasteiger partial charge >= 0.3 is 0 Å². The molecular formula is C8H13N4O2S+. The van der Waals surface area contributed by atoms with Crippen LogP contribution in [0.2, 0.25) is 0 Å². The normalized spacial score (nSPS) is 16.5. The van der Waals surface area contributed by atoms with Crippen LogP contribution < -0.4 is 15.7 Å². The van der Waals surface area contributed by atoms with E-state index in [1.54, 1.807) is 10.9 Å². The molecule has 0 bridgehead atoms. The van der Waals surface area contributed by atoms with E-state index in [0.29, 0.717) is 0 Å². The van der Waals surface area contributed by atoms with Crippen LogP contribution in [0.5, 0.6) is 0 Å². The lowest BCUT2D eigenvalue weighted by molar-refractivity contribution is -0.655. The first-order valence-electron chi connectivity index (χ1n) is 4.78. The molecule has 0 aliphatic carbocycles. The highest BCUT2D eigenvalue weighted by atomic mass is 32.1. The summed E-state index contributed by atoms with van der Waals surface area (Å²) in [5.74, 6) is -0.555. The third kappa shape index (κ3) is 2.25. The van der Waals surface area contributed by atoms with Crippen LogP contribution in [0.25, 0.3) is 0 Å². The molecule has 1 aromatic heterocycles. The van der Waals surface area contributed by atoms with E-state index in [1.807, 2.05) is 0 Å². The number of thiazole rings is 1. The number of quaternary nitrogens is 1. The third-order valence-corrected chi connectivity index (χ3v) is 3.20. The number of rotatable bonds is 2. The first kappa shape index (κ1) is 10.3. The highest BCUT2D eigenvalue weighted by Crippen LogP contribution is 2.20. The molecule has 6 nitrogen and oxygen atoms in total. The summed E-state index contributed by atoms with van der Waals surface area (Å²) in [5.41, 5.74) is 1.85. The second-order valence-electron chi connectivity index (χ2n) is 3.31. The van der Waals surface area contributed by atoms with Gasteiger partial charge in [-0.1, -0.05) is 0 Å². The lowest BCUT2D eigenvalue weighted by atomic mass is 10.4. The maximum atomic E-state index is 11.1. The minimum Gasteiger partial charge on any atom is -0.343 e. The maximum absolute atomic E-state index is 11.1. The molecule has 0 radical (unpaired) electrons. The Hall–Kier alpha value is -1.18. The van der Waals surface area contributed by atoms with E-state index >= 15 is 0 Å². The Bertz CT molecular complexity index is 348. The van der Waals surface area contributed by atoms with Crippen LogP contribution in [0.4, 0.5) is 5.13 Å². The Morgan fingerprint density at radius 1 is 1.60 bits per heavy atom. The lowest BCUT2D eigenvalue weighted by Gasteiger charge is -2.24. The molecule has 0 unspecified atom stereocenters. The van der Waals surface area contributed by atoms with Gasteiger partial charge in [-0.25, -0.2) is 10.5 Å². The number of nitrogens with two attached hydrogens (primary N) is 1. The first-order valence-corrected chi connectivity index (χ1v) is 5.66. The second kappa shape index (κ2) is 4.56. The number of nitrogens with one attached hydrogen (secondary N) is 1. The molecule has 82 valence electrons. The third-order valence-electron chi connectivity index (χ3n) is 2.30. The number of carbonyl (C=O) groups excluding carboxylic acids is 1. The Kier molecular flexibility index (Phi) is 3.14. The second-order valence-corrected chi connectivity index (χ2v) is 4.15. The zero-order chi connectivity index (χ0) is 10.7. The van der Waals surface area contributed by atoms with Crippen molar-refractivity contribution in [2.24, 2.45) is 0 Å². The summed E-state index contributed by atoms with van der Waals surface area (Å²) in [4.78, 5) is 17.4. The molecule has 15 heavy (non-hydrogen) atoms. The van der Waals surface area contributed by atoms with Gasteiger partial charge in [0, 0.05) is 5.38 Å². The van der Waals surface area contributed by atoms with Crippen molar-refractivity contribution in [3.63, 3.8) is 0 Å². The van der Waals surface area contributed by atoms with E-state index in [2.05, 4.69) is 15.2 Å². The largest absolute Gasteiger partial charge is 0.343 e. The fraction of sp³-hybridized carbons (Fsp3) is 0.500. The highest BCUT2D eigenvalue weighted by molar-refractivity contribution is 7.13. The van der Waals surface area contributed by atoms with Crippen LogP contribution >= 0.6 is 11.3 Å². The predicted octanol–water partition coefficient (Wildman–Crippen LogP) is -1.35. The van der Waals surface area contributed by atoms with Crippen molar-refractivity contribution in [3.05, 3.63) is 11.1 Å². The quantitative estimate of drug-likeness (QED) is 0.432. The Morgan fingerprint density at radius 2 is 2.33 bits per heavy atom. The number of piperazine rings is 1. The molecule has 0 spiro atoms. The molecule has 0 saturated carbocycles. The number of hydroxylamine groups is 1. The van der Waals surface area contributed by atoms with Gasteiger partial charge in [0.05, 0.1) is 26.2 Å². The van der Waals surface area contributed by atoms with Crippen LogP contribution in [0.15, 0.2) is 5.38 Å². The van der Waals surface area contributed by atoms with Gasteiger partial charge in [0.2, 0.25) is 0 Å². The number of carbonyl (C=O) groups is 1. The number of nitrogens with zero attached hydrogens (tertiary/aromatic N) is 2. The molecule has 0 atom stereocenters. The van der Waals surface area contributed by atoms with Gasteiger partial charge in [-0.05, 0) is 0 Å². The minimum atomic E-state index is -0.555. The summed E-state index contributed by atoms with van der Waals surface area (Å²) in [6.45, 7) is 4.02. The average molecular weight is 229 g/mol. The molecule has 1 aromatic rings. The van der Waals surface area contributed by atoms with Crippen LogP contribution in [0, 0.1) is 0 Å². The topological polar surface area (TPSA) is 82.1 Å². The first-order chi connectivity index (χ1) is 7.31. The standard InChI is InChI=1S/C8H12N4O2S/c13-7(11-14)6-5-15-8(10-6)12-3-1-9-2-4-12/h5,9,14H,1-4H2,(H,11,13)/p+1.